The maximum absolute atomic E-state index is 12.6. The van der Waals surface area contributed by atoms with Gasteiger partial charge in [-0.15, -0.1) is 0 Å². The van der Waals surface area contributed by atoms with Crippen LogP contribution in [0.25, 0.3) is 0 Å². The van der Waals surface area contributed by atoms with Crippen molar-refractivity contribution in [3.8, 4) is 0 Å². The van der Waals surface area contributed by atoms with E-state index in [0.29, 0.717) is 30.3 Å². The molecule has 1 aromatic carbocycles. The topological polar surface area (TPSA) is 66.6 Å². The van der Waals surface area contributed by atoms with Gasteiger partial charge in [0.05, 0.1) is 16.6 Å². The Morgan fingerprint density at radius 3 is 2.59 bits per heavy atom. The third-order valence-electron chi connectivity index (χ3n) is 4.47. The van der Waals surface area contributed by atoms with Crippen molar-refractivity contribution in [3.63, 3.8) is 0 Å². The molecule has 5 nitrogen and oxygen atoms in total. The maximum Gasteiger partial charge on any atom is 0.228 e. The lowest BCUT2D eigenvalue weighted by molar-refractivity contribution is -0.136. The van der Waals surface area contributed by atoms with E-state index in [1.807, 2.05) is 23.1 Å². The number of benzene rings is 1. The van der Waals surface area contributed by atoms with Gasteiger partial charge in [-0.05, 0) is 25.0 Å². The zero-order valence-electron chi connectivity index (χ0n) is 12.4. The van der Waals surface area contributed by atoms with Crippen LogP contribution in [0.4, 0.5) is 5.69 Å². The van der Waals surface area contributed by atoms with Gasteiger partial charge in [0.2, 0.25) is 11.8 Å². The standard InChI is InChI=1S/C16H20ClN3O2/c17-13-3-1-2-4-14(13)20-10-11(9-15(20)21)16(22)19-7-5-12(18)6-8-19/h1-4,11-12H,5-10,18H2. The number of para-hydroxylation sites is 1. The lowest BCUT2D eigenvalue weighted by atomic mass is 10.0. The molecule has 0 radical (unpaired) electrons. The Morgan fingerprint density at radius 1 is 1.23 bits per heavy atom. The van der Waals surface area contributed by atoms with Crippen LogP contribution in [0, 0.1) is 5.92 Å². The van der Waals surface area contributed by atoms with E-state index in [1.165, 1.54) is 0 Å². The average molecular weight is 322 g/mol. The SMILES string of the molecule is NC1CCN(C(=O)C2CC(=O)N(c3ccccc3Cl)C2)CC1. The van der Waals surface area contributed by atoms with Crippen LogP contribution in [0.1, 0.15) is 19.3 Å². The number of hydrogen-bond acceptors (Lipinski definition) is 3. The number of piperidine rings is 1. The zero-order valence-corrected chi connectivity index (χ0v) is 13.1. The summed E-state index contributed by atoms with van der Waals surface area (Å²) in [5.41, 5.74) is 6.56. The highest BCUT2D eigenvalue weighted by atomic mass is 35.5. The summed E-state index contributed by atoms with van der Waals surface area (Å²) >= 11 is 6.16. The summed E-state index contributed by atoms with van der Waals surface area (Å²) in [6.07, 6.45) is 1.92. The summed E-state index contributed by atoms with van der Waals surface area (Å²) in [7, 11) is 0. The first kappa shape index (κ1) is 15.3. The molecule has 0 bridgehead atoms. The minimum atomic E-state index is -0.280. The summed E-state index contributed by atoms with van der Waals surface area (Å²) in [5.74, 6) is -0.256. The summed E-state index contributed by atoms with van der Waals surface area (Å²) in [5, 5.41) is 0.535. The number of nitrogens with zero attached hydrogens (tertiary/aromatic N) is 2. The third-order valence-corrected chi connectivity index (χ3v) is 4.79. The van der Waals surface area contributed by atoms with Gasteiger partial charge in [-0.25, -0.2) is 0 Å². The maximum atomic E-state index is 12.6. The van der Waals surface area contributed by atoms with Gasteiger partial charge in [-0.1, -0.05) is 23.7 Å². The van der Waals surface area contributed by atoms with Crippen LogP contribution in [-0.4, -0.2) is 42.4 Å². The van der Waals surface area contributed by atoms with Crippen molar-refractivity contribution in [1.82, 2.24) is 4.90 Å². The quantitative estimate of drug-likeness (QED) is 0.900. The van der Waals surface area contributed by atoms with E-state index in [2.05, 4.69) is 0 Å². The van der Waals surface area contributed by atoms with Gasteiger partial charge >= 0.3 is 0 Å². The van der Waals surface area contributed by atoms with Gasteiger partial charge in [-0.2, -0.15) is 0 Å². The fourth-order valence-corrected chi connectivity index (χ4v) is 3.39. The molecule has 2 fully saturated rings. The van der Waals surface area contributed by atoms with E-state index < -0.39 is 0 Å². The first-order valence-electron chi connectivity index (χ1n) is 7.65. The molecule has 0 aliphatic carbocycles. The van der Waals surface area contributed by atoms with Crippen LogP contribution >= 0.6 is 11.6 Å². The number of amides is 2. The summed E-state index contributed by atoms with van der Waals surface area (Å²) in [6, 6.07) is 7.42. The minimum Gasteiger partial charge on any atom is -0.342 e. The molecule has 1 aromatic rings. The van der Waals surface area contributed by atoms with E-state index >= 15 is 0 Å². The zero-order chi connectivity index (χ0) is 15.7. The average Bonchev–Trinajstić information content (AvgIpc) is 2.90. The number of likely N-dealkylation sites (tertiary alicyclic amines) is 1. The molecule has 22 heavy (non-hydrogen) atoms. The second-order valence-corrected chi connectivity index (χ2v) is 6.43. The molecule has 0 spiro atoms. The molecular formula is C16H20ClN3O2. The van der Waals surface area contributed by atoms with Gasteiger partial charge in [0.1, 0.15) is 0 Å². The Hall–Kier alpha value is -1.59. The molecule has 2 aliphatic heterocycles. The molecule has 2 aliphatic rings. The molecule has 118 valence electrons. The van der Waals surface area contributed by atoms with Crippen LogP contribution in [0.2, 0.25) is 5.02 Å². The molecule has 2 amide bonds. The highest BCUT2D eigenvalue weighted by Crippen LogP contribution is 2.31. The van der Waals surface area contributed by atoms with Gasteiger partial charge < -0.3 is 15.5 Å². The van der Waals surface area contributed by atoms with E-state index in [9.17, 15) is 9.59 Å². The lowest BCUT2D eigenvalue weighted by Crippen LogP contribution is -2.45. The minimum absolute atomic E-state index is 0.0415. The fraction of sp³-hybridized carbons (Fsp3) is 0.500. The Kier molecular flexibility index (Phi) is 4.36. The van der Waals surface area contributed by atoms with Crippen molar-refractivity contribution in [2.75, 3.05) is 24.5 Å². The molecule has 2 N–H and O–H groups in total. The van der Waals surface area contributed by atoms with E-state index in [-0.39, 0.29) is 30.2 Å². The number of carbonyl (C=O) groups excluding carboxylic acids is 2. The molecule has 6 heteroatoms. The van der Waals surface area contributed by atoms with Crippen LogP contribution in [-0.2, 0) is 9.59 Å². The number of nitrogens with two attached hydrogens (primary N) is 1. The predicted molar refractivity (Wildman–Crippen MR) is 85.7 cm³/mol. The summed E-state index contributed by atoms with van der Waals surface area (Å²) in [4.78, 5) is 28.3. The van der Waals surface area contributed by atoms with E-state index in [0.717, 1.165) is 12.8 Å². The molecule has 3 rings (SSSR count). The molecule has 2 heterocycles. The molecule has 2 saturated heterocycles. The second-order valence-electron chi connectivity index (χ2n) is 6.02. The number of anilines is 1. The van der Waals surface area contributed by atoms with Crippen LogP contribution in [0.3, 0.4) is 0 Å². The van der Waals surface area contributed by atoms with E-state index in [4.69, 9.17) is 17.3 Å². The van der Waals surface area contributed by atoms with Crippen molar-refractivity contribution in [2.24, 2.45) is 11.7 Å². The molecule has 0 saturated carbocycles. The van der Waals surface area contributed by atoms with Crippen molar-refractivity contribution >= 4 is 29.1 Å². The van der Waals surface area contributed by atoms with Crippen LogP contribution in [0.5, 0.6) is 0 Å². The van der Waals surface area contributed by atoms with Crippen LogP contribution in [0.15, 0.2) is 24.3 Å². The Bertz CT molecular complexity index is 585. The Balaban J connectivity index is 1.69. The highest BCUT2D eigenvalue weighted by Gasteiger charge is 2.38. The number of hydrogen-bond donors (Lipinski definition) is 1. The first-order valence-corrected chi connectivity index (χ1v) is 8.03. The Morgan fingerprint density at radius 2 is 1.91 bits per heavy atom. The fourth-order valence-electron chi connectivity index (χ4n) is 3.15. The normalized spacial score (nSPS) is 23.2. The van der Waals surface area contributed by atoms with Crippen LogP contribution < -0.4 is 10.6 Å². The van der Waals surface area contributed by atoms with Crippen molar-refractivity contribution in [3.05, 3.63) is 29.3 Å². The molecule has 0 aromatic heterocycles. The Labute approximate surface area is 135 Å². The monoisotopic (exact) mass is 321 g/mol. The smallest absolute Gasteiger partial charge is 0.228 e. The van der Waals surface area contributed by atoms with Crippen molar-refractivity contribution < 1.29 is 9.59 Å². The number of rotatable bonds is 2. The molecule has 1 unspecified atom stereocenters. The lowest BCUT2D eigenvalue weighted by Gasteiger charge is -2.31. The van der Waals surface area contributed by atoms with Crippen molar-refractivity contribution in [1.29, 1.82) is 0 Å². The highest BCUT2D eigenvalue weighted by molar-refractivity contribution is 6.33. The van der Waals surface area contributed by atoms with Gasteiger partial charge in [-0.3, -0.25) is 9.59 Å². The predicted octanol–water partition coefficient (Wildman–Crippen LogP) is 1.64. The molecular weight excluding hydrogens is 302 g/mol. The largest absolute Gasteiger partial charge is 0.342 e. The number of halogens is 1. The van der Waals surface area contributed by atoms with Gasteiger partial charge in [0.25, 0.3) is 0 Å². The first-order chi connectivity index (χ1) is 10.6. The summed E-state index contributed by atoms with van der Waals surface area (Å²) in [6.45, 7) is 1.79. The van der Waals surface area contributed by atoms with Crippen molar-refractivity contribution in [2.45, 2.75) is 25.3 Å². The third kappa shape index (κ3) is 2.96. The van der Waals surface area contributed by atoms with Gasteiger partial charge in [0.15, 0.2) is 0 Å². The van der Waals surface area contributed by atoms with Gasteiger partial charge in [0, 0.05) is 32.1 Å². The summed E-state index contributed by atoms with van der Waals surface area (Å²) < 4.78 is 0. The number of carbonyl (C=O) groups is 2. The molecule has 1 atom stereocenters. The van der Waals surface area contributed by atoms with E-state index in [1.54, 1.807) is 11.0 Å². The second kappa shape index (κ2) is 6.26.